The highest BCUT2D eigenvalue weighted by Crippen LogP contribution is 2.64. The van der Waals surface area contributed by atoms with E-state index in [2.05, 4.69) is 414 Å². The van der Waals surface area contributed by atoms with E-state index in [9.17, 15) is 0 Å². The summed E-state index contributed by atoms with van der Waals surface area (Å²) in [5.41, 5.74) is 31.0. The van der Waals surface area contributed by atoms with Crippen LogP contribution in [0.4, 0.5) is 0 Å². The highest BCUT2D eigenvalue weighted by atomic mass is 32.1. The van der Waals surface area contributed by atoms with Crippen LogP contribution in [0.25, 0.3) is 208 Å². The van der Waals surface area contributed by atoms with Crippen molar-refractivity contribution >= 4 is 94.5 Å². The molecular weight excluding hydrogens is 1760 g/mol. The average Bonchev–Trinajstić information content (AvgIpc) is 1.51. The van der Waals surface area contributed by atoms with Crippen LogP contribution in [0, 0.1) is 0 Å². The fourth-order valence-corrected chi connectivity index (χ4v) is 25.6. The Morgan fingerprint density at radius 2 is 0.357 bits per heavy atom. The van der Waals surface area contributed by atoms with Gasteiger partial charge in [-0.1, -0.05) is 378 Å². The van der Waals surface area contributed by atoms with Crippen LogP contribution < -0.4 is 0 Å². The van der Waals surface area contributed by atoms with Gasteiger partial charge in [-0.25, -0.2) is 44.9 Å². The topological polar surface area (TPSA) is 116 Å². The number of nitrogens with zero attached hydrogens (tertiary/aromatic N) is 9. The van der Waals surface area contributed by atoms with Crippen LogP contribution in [-0.2, 0) is 16.2 Å². The molecule has 0 saturated carbocycles. The summed E-state index contributed by atoms with van der Waals surface area (Å²) in [4.78, 5) is 45.8. The van der Waals surface area contributed by atoms with E-state index >= 15 is 0 Å². The molecule has 6 heterocycles. The molecule has 0 amide bonds. The highest BCUT2D eigenvalue weighted by molar-refractivity contribution is 7.26. The molecule has 0 atom stereocenters. The molecule has 0 fully saturated rings. The number of benzene rings is 19. The van der Waals surface area contributed by atoms with Gasteiger partial charge >= 0.3 is 0 Å². The van der Waals surface area contributed by atoms with Crippen molar-refractivity contribution in [2.45, 2.75) is 30.1 Å². The third kappa shape index (κ3) is 13.3. The fraction of sp³-hybridized carbons (Fsp3) is 0.0391. The Bertz CT molecular complexity index is 8940. The summed E-state index contributed by atoms with van der Waals surface area (Å²) >= 11 is 5.45. The summed E-state index contributed by atoms with van der Waals surface area (Å²) in [5.74, 6) is 6.01. The summed E-state index contributed by atoms with van der Waals surface area (Å²) < 4.78 is 7.63. The summed E-state index contributed by atoms with van der Waals surface area (Å²) in [6, 6.07) is 162. The Balaban J connectivity index is 0.000000106. The van der Waals surface area contributed by atoms with Gasteiger partial charge in [0.25, 0.3) is 0 Å². The van der Waals surface area contributed by atoms with Crippen LogP contribution in [0.3, 0.4) is 0 Å². The first-order chi connectivity index (χ1) is 69.1. The van der Waals surface area contributed by atoms with E-state index in [0.29, 0.717) is 52.4 Å². The van der Waals surface area contributed by atoms with Gasteiger partial charge in [-0.3, -0.25) is 0 Å². The van der Waals surface area contributed by atoms with Crippen LogP contribution in [-0.4, -0.2) is 44.9 Å². The Kier molecular flexibility index (Phi) is 19.5. The van der Waals surface area contributed by atoms with Crippen molar-refractivity contribution in [3.8, 4) is 147 Å². The lowest BCUT2D eigenvalue weighted by atomic mass is 9.67. The first kappa shape index (κ1) is 82.3. The first-order valence-corrected chi connectivity index (χ1v) is 49.8. The smallest absolute Gasteiger partial charge is 0.164 e. The zero-order chi connectivity index (χ0) is 92.7. The van der Waals surface area contributed by atoms with E-state index < -0.39 is 5.41 Å². The molecule has 4 aliphatic rings. The van der Waals surface area contributed by atoms with Crippen molar-refractivity contribution in [2.24, 2.45) is 0 Å². The lowest BCUT2D eigenvalue weighted by Gasteiger charge is -2.33. The van der Waals surface area contributed by atoms with Crippen LogP contribution in [0.2, 0.25) is 0 Å². The quantitative estimate of drug-likeness (QED) is 0.125. The van der Waals surface area contributed by atoms with Gasteiger partial charge in [0, 0.05) is 116 Å². The molecule has 4 aliphatic carbocycles. The molecule has 656 valence electrons. The SMILES string of the molecule is CC1(C)c2ccccc2-c2cc(-c3nc(-c4ccccc4)nc(-c4ccc5sc6ccccc6c5c4)n3)ccc21.c1ccc(-c2nc(-c3ccc4c(c3)-c3ccccc3C4(c3ccccc3)c3ccccc3)nc(-c3ccc4sc5ccccc5c4c3)n2)cc1.c1ccc(-c2nc(-c3ccc4c(c3)-c3ccccc3C43c4ccccc4-c4ccccc43)nc(-c3ccc4sc5ccccc5c4c3)n2)cc1. The van der Waals surface area contributed by atoms with Gasteiger partial charge in [0.15, 0.2) is 52.4 Å². The Morgan fingerprint density at radius 1 is 0.150 bits per heavy atom. The van der Waals surface area contributed by atoms with E-state index in [1.54, 1.807) is 0 Å². The zero-order valence-corrected chi connectivity index (χ0v) is 78.5. The van der Waals surface area contributed by atoms with Crippen molar-refractivity contribution in [1.82, 2.24) is 44.9 Å². The Morgan fingerprint density at radius 3 is 0.693 bits per heavy atom. The molecular formula is C128H81N9S3. The van der Waals surface area contributed by atoms with Crippen LogP contribution >= 0.6 is 34.0 Å². The highest BCUT2D eigenvalue weighted by Gasteiger charge is 2.52. The molecule has 9 nitrogen and oxygen atoms in total. The fourth-order valence-electron chi connectivity index (χ4n) is 22.3. The molecule has 19 aromatic carbocycles. The minimum absolute atomic E-state index is 0.0391. The summed E-state index contributed by atoms with van der Waals surface area (Å²) in [7, 11) is 0. The summed E-state index contributed by atoms with van der Waals surface area (Å²) in [6.45, 7) is 4.60. The van der Waals surface area contributed by atoms with Crippen molar-refractivity contribution in [3.05, 3.63) is 511 Å². The molecule has 0 unspecified atom stereocenters. The van der Waals surface area contributed by atoms with Gasteiger partial charge in [-0.2, -0.15) is 0 Å². The van der Waals surface area contributed by atoms with Gasteiger partial charge in [0.1, 0.15) is 0 Å². The van der Waals surface area contributed by atoms with Crippen LogP contribution in [0.5, 0.6) is 0 Å². The van der Waals surface area contributed by atoms with E-state index in [-0.39, 0.29) is 10.8 Å². The van der Waals surface area contributed by atoms with E-state index in [1.165, 1.54) is 161 Å². The van der Waals surface area contributed by atoms with Crippen molar-refractivity contribution in [2.75, 3.05) is 0 Å². The zero-order valence-electron chi connectivity index (χ0n) is 76.1. The molecule has 1 spiro atoms. The molecule has 29 rings (SSSR count). The van der Waals surface area contributed by atoms with Gasteiger partial charge in [-0.05, 0) is 191 Å². The number of hydrogen-bond acceptors (Lipinski definition) is 12. The number of hydrogen-bond donors (Lipinski definition) is 0. The monoisotopic (exact) mass is 1840 g/mol. The molecule has 25 aromatic rings. The van der Waals surface area contributed by atoms with Crippen molar-refractivity contribution in [3.63, 3.8) is 0 Å². The standard InChI is InChI=1S/C46H27N3S.C46H29N3S.C36H25N3S/c1-2-12-28(13-3-1)43-47-44(49-45(48-43)30-23-25-42-36(27-30)34-17-7-11-21-41(34)50-42)29-22-24-40-35(26-29)33-16-6-10-20-39(33)46(40)37-18-8-4-14-31(37)32-15-5-9-19-38(32)46;1-4-14-30(15-5-1)43-47-44(49-45(48-43)32-25-27-42-38(29-32)36-21-11-13-23-41(36)50-42)31-24-26-40-37(28-31)35-20-10-12-22-39(35)46(40,33-16-6-2-7-17-33)34-18-8-3-9-19-34;1-36(2)29-14-8-6-12-25(29)27-20-23(16-18-30(27)36)34-37-33(22-10-4-3-5-11-22)38-35(39-34)24-17-19-32-28(21-24)26-13-7-9-15-31(26)40-32/h1-27H;1-29H;3-21H,1-2H3. The Labute approximate surface area is 820 Å². The minimum Gasteiger partial charge on any atom is -0.208 e. The second-order valence-corrected chi connectivity index (χ2v) is 40.1. The number of fused-ring (bicyclic) bond motifs is 25. The molecule has 0 radical (unpaired) electrons. The molecule has 0 saturated heterocycles. The summed E-state index contributed by atoms with van der Waals surface area (Å²) in [6.07, 6.45) is 0. The number of rotatable bonds is 11. The van der Waals surface area contributed by atoms with E-state index in [1.807, 2.05) is 88.6 Å². The molecule has 0 aliphatic heterocycles. The van der Waals surface area contributed by atoms with Crippen molar-refractivity contribution < 1.29 is 0 Å². The van der Waals surface area contributed by atoms with Gasteiger partial charge in [-0.15, -0.1) is 34.0 Å². The van der Waals surface area contributed by atoms with Gasteiger partial charge in [0.05, 0.1) is 10.8 Å². The minimum atomic E-state index is -0.453. The van der Waals surface area contributed by atoms with Gasteiger partial charge in [0.2, 0.25) is 0 Å². The summed E-state index contributed by atoms with van der Waals surface area (Å²) in [5, 5.41) is 7.46. The lowest BCUT2D eigenvalue weighted by molar-refractivity contribution is 0.660. The van der Waals surface area contributed by atoms with Crippen molar-refractivity contribution in [1.29, 1.82) is 0 Å². The molecule has 140 heavy (non-hydrogen) atoms. The molecule has 0 bridgehead atoms. The first-order valence-electron chi connectivity index (χ1n) is 47.4. The third-order valence-electron chi connectivity index (χ3n) is 28.7. The predicted octanol–water partition coefficient (Wildman–Crippen LogP) is 32.7. The second-order valence-electron chi connectivity index (χ2n) is 36.8. The second kappa shape index (κ2) is 33.1. The maximum Gasteiger partial charge on any atom is 0.164 e. The largest absolute Gasteiger partial charge is 0.208 e. The predicted molar refractivity (Wildman–Crippen MR) is 578 cm³/mol. The van der Waals surface area contributed by atoms with Crippen LogP contribution in [0.15, 0.2) is 455 Å². The maximum absolute atomic E-state index is 5.19. The third-order valence-corrected chi connectivity index (χ3v) is 32.2. The normalized spacial score (nSPS) is 13.2. The Hall–Kier alpha value is -17.1. The number of aromatic nitrogens is 9. The number of thiophene rings is 3. The van der Waals surface area contributed by atoms with Crippen LogP contribution in [0.1, 0.15) is 69.5 Å². The average molecular weight is 1840 g/mol. The molecule has 0 N–H and O–H groups in total. The maximum atomic E-state index is 5.19. The molecule has 12 heteroatoms. The van der Waals surface area contributed by atoms with E-state index in [0.717, 1.165) is 50.1 Å². The van der Waals surface area contributed by atoms with E-state index in [4.69, 9.17) is 44.9 Å². The molecule has 6 aromatic heterocycles. The van der Waals surface area contributed by atoms with Gasteiger partial charge < -0.3 is 0 Å². The lowest BCUT2D eigenvalue weighted by Crippen LogP contribution is -2.28.